The van der Waals surface area contributed by atoms with Gasteiger partial charge in [-0.15, -0.1) is 0 Å². The molecule has 34 heavy (non-hydrogen) atoms. The summed E-state index contributed by atoms with van der Waals surface area (Å²) in [7, 11) is 0. The quantitative estimate of drug-likeness (QED) is 0.408. The minimum absolute atomic E-state index is 0.112. The number of carbonyl (C=O) groups excluding carboxylic acids is 2. The first-order valence-electron chi connectivity index (χ1n) is 10.5. The first kappa shape index (κ1) is 22.7. The van der Waals surface area contributed by atoms with Gasteiger partial charge in [0.1, 0.15) is 11.8 Å². The molecule has 2 aromatic carbocycles. The lowest BCUT2D eigenvalue weighted by atomic mass is 9.74. The van der Waals surface area contributed by atoms with Crippen molar-refractivity contribution in [2.75, 3.05) is 16.8 Å². The molecule has 0 saturated carbocycles. The number of phenolic OH excluding ortho intramolecular Hbond substituents is 1. The third-order valence-electron chi connectivity index (χ3n) is 7.48. The van der Waals surface area contributed by atoms with Crippen LogP contribution in [0.5, 0.6) is 5.75 Å². The number of aliphatic hydroxyl groups excluding tert-OH is 2. The first-order chi connectivity index (χ1) is 16.1. The summed E-state index contributed by atoms with van der Waals surface area (Å²) < 4.78 is 0. The molecule has 0 aliphatic carbocycles. The second-order valence-electron chi connectivity index (χ2n) is 9.06. The Labute approximate surface area is 213 Å². The number of nitrogens with one attached hydrogen (secondary N) is 1. The van der Waals surface area contributed by atoms with E-state index in [0.717, 1.165) is 4.90 Å². The molecule has 178 valence electrons. The van der Waals surface area contributed by atoms with E-state index in [-0.39, 0.29) is 39.5 Å². The van der Waals surface area contributed by atoms with Crippen LogP contribution in [0.1, 0.15) is 12.0 Å². The summed E-state index contributed by atoms with van der Waals surface area (Å²) in [6.07, 6.45) is -1.79. The second kappa shape index (κ2) is 7.36. The molecule has 4 aliphatic rings. The predicted octanol–water partition coefficient (Wildman–Crippen LogP) is 3.20. The minimum Gasteiger partial charge on any atom is -0.505 e. The largest absolute Gasteiger partial charge is 0.505 e. The van der Waals surface area contributed by atoms with Crippen LogP contribution in [0.15, 0.2) is 24.3 Å². The lowest BCUT2D eigenvalue weighted by Crippen LogP contribution is -2.56. The van der Waals surface area contributed by atoms with Gasteiger partial charge in [-0.3, -0.25) is 14.5 Å². The van der Waals surface area contributed by atoms with E-state index < -0.39 is 47.6 Å². The molecule has 1 spiro atoms. The molecule has 3 saturated heterocycles. The van der Waals surface area contributed by atoms with Crippen molar-refractivity contribution in [2.24, 2.45) is 11.8 Å². The molecule has 6 rings (SSSR count). The van der Waals surface area contributed by atoms with E-state index in [9.17, 15) is 24.9 Å². The molecule has 4 aliphatic heterocycles. The van der Waals surface area contributed by atoms with Crippen molar-refractivity contribution in [3.05, 3.63) is 49.9 Å². The van der Waals surface area contributed by atoms with E-state index >= 15 is 0 Å². The maximum Gasteiger partial charge on any atom is 0.240 e. The standard InChI is InChI=1S/C22H17Cl4N3O5/c23-7-1-10-17(11(24)2-7)27-21(34)22(10)16-15(14-5-9(30)6-28(14)22)19(32)29(20(16)33)8-3-12(25)18(31)13(26)4-8/h1-4,9,14-16,21,27,30-31,34H,5-6H2/t9-,14?,15?,16?,21?,22?/m0/s1. The molecule has 12 heteroatoms. The number of aliphatic hydroxyl groups is 2. The van der Waals surface area contributed by atoms with Gasteiger partial charge in [0.15, 0.2) is 5.75 Å². The van der Waals surface area contributed by atoms with Crippen molar-refractivity contribution < 1.29 is 24.9 Å². The van der Waals surface area contributed by atoms with Crippen molar-refractivity contribution in [3.8, 4) is 5.75 Å². The summed E-state index contributed by atoms with van der Waals surface area (Å²) in [5.41, 5.74) is -0.354. The fraction of sp³-hybridized carbons (Fsp3) is 0.364. The Balaban J connectivity index is 1.57. The Morgan fingerprint density at radius 2 is 1.65 bits per heavy atom. The lowest BCUT2D eigenvalue weighted by Gasteiger charge is -2.41. The van der Waals surface area contributed by atoms with Gasteiger partial charge in [0.25, 0.3) is 0 Å². The molecule has 0 radical (unpaired) electrons. The van der Waals surface area contributed by atoms with Crippen LogP contribution in [-0.2, 0) is 15.1 Å². The molecule has 4 heterocycles. The van der Waals surface area contributed by atoms with Crippen molar-refractivity contribution in [2.45, 2.75) is 30.3 Å². The van der Waals surface area contributed by atoms with Crippen LogP contribution in [0.4, 0.5) is 11.4 Å². The van der Waals surface area contributed by atoms with Gasteiger partial charge in [-0.05, 0) is 30.7 Å². The van der Waals surface area contributed by atoms with Gasteiger partial charge in [-0.1, -0.05) is 46.4 Å². The Morgan fingerprint density at radius 1 is 0.971 bits per heavy atom. The number of phenols is 1. The number of fused-ring (bicyclic) bond motifs is 7. The number of carbonyl (C=O) groups is 2. The molecule has 3 fully saturated rings. The van der Waals surface area contributed by atoms with Crippen LogP contribution < -0.4 is 10.2 Å². The highest BCUT2D eigenvalue weighted by molar-refractivity contribution is 6.38. The molecule has 2 aromatic rings. The third-order valence-corrected chi connectivity index (χ3v) is 8.57. The molecule has 5 unspecified atom stereocenters. The molecule has 0 bridgehead atoms. The molecule has 8 nitrogen and oxygen atoms in total. The van der Waals surface area contributed by atoms with Crippen LogP contribution in [0, 0.1) is 11.8 Å². The van der Waals surface area contributed by atoms with Crippen LogP contribution in [0.3, 0.4) is 0 Å². The monoisotopic (exact) mass is 543 g/mol. The zero-order valence-corrected chi connectivity index (χ0v) is 20.2. The Morgan fingerprint density at radius 3 is 2.32 bits per heavy atom. The average Bonchev–Trinajstić information content (AvgIpc) is 3.42. The Hall–Kier alpha value is -1.78. The van der Waals surface area contributed by atoms with E-state index in [4.69, 9.17) is 46.4 Å². The average molecular weight is 545 g/mol. The number of aromatic hydroxyl groups is 1. The highest BCUT2D eigenvalue weighted by Crippen LogP contribution is 2.63. The maximum atomic E-state index is 14.0. The number of imide groups is 1. The summed E-state index contributed by atoms with van der Waals surface area (Å²) >= 11 is 24.9. The number of benzene rings is 2. The van der Waals surface area contributed by atoms with Gasteiger partial charge >= 0.3 is 0 Å². The second-order valence-corrected chi connectivity index (χ2v) is 10.7. The molecule has 0 aromatic heterocycles. The molecule has 6 atom stereocenters. The maximum absolute atomic E-state index is 14.0. The van der Waals surface area contributed by atoms with Crippen molar-refractivity contribution in [1.82, 2.24) is 4.90 Å². The number of nitrogens with zero attached hydrogens (tertiary/aromatic N) is 2. The van der Waals surface area contributed by atoms with Gasteiger partial charge in [-0.2, -0.15) is 0 Å². The number of amides is 2. The molecular weight excluding hydrogens is 528 g/mol. The van der Waals surface area contributed by atoms with Gasteiger partial charge in [0.2, 0.25) is 11.8 Å². The van der Waals surface area contributed by atoms with Crippen LogP contribution in [0.25, 0.3) is 0 Å². The highest BCUT2D eigenvalue weighted by Gasteiger charge is 2.75. The topological polar surface area (TPSA) is 113 Å². The van der Waals surface area contributed by atoms with Crippen LogP contribution in [0.2, 0.25) is 20.1 Å². The van der Waals surface area contributed by atoms with E-state index in [0.29, 0.717) is 16.3 Å². The van der Waals surface area contributed by atoms with Crippen LogP contribution in [-0.4, -0.2) is 57.0 Å². The van der Waals surface area contributed by atoms with E-state index in [1.807, 2.05) is 4.90 Å². The van der Waals surface area contributed by atoms with Gasteiger partial charge < -0.3 is 20.6 Å². The molecular formula is C22H17Cl4N3O5. The lowest BCUT2D eigenvalue weighted by molar-refractivity contribution is -0.127. The molecule has 2 amide bonds. The number of hydrogen-bond donors (Lipinski definition) is 4. The summed E-state index contributed by atoms with van der Waals surface area (Å²) in [4.78, 5) is 30.5. The van der Waals surface area contributed by atoms with Gasteiger partial charge in [0, 0.05) is 23.2 Å². The number of halogens is 4. The van der Waals surface area contributed by atoms with Gasteiger partial charge in [0.05, 0.1) is 44.4 Å². The zero-order chi connectivity index (χ0) is 24.3. The predicted molar refractivity (Wildman–Crippen MR) is 126 cm³/mol. The number of rotatable bonds is 1. The minimum atomic E-state index is -1.39. The van der Waals surface area contributed by atoms with Gasteiger partial charge in [-0.25, -0.2) is 4.90 Å². The SMILES string of the molecule is O=C1C2C3C[C@H](O)CN3C3(c4cc(Cl)cc(Cl)c4NC3O)C2C(=O)N1c1cc(Cl)c(O)c(Cl)c1. The summed E-state index contributed by atoms with van der Waals surface area (Å²) in [5, 5.41) is 35.1. The summed E-state index contributed by atoms with van der Waals surface area (Å²) in [5.74, 6) is -3.26. The van der Waals surface area contributed by atoms with E-state index in [1.54, 1.807) is 6.07 Å². The smallest absolute Gasteiger partial charge is 0.240 e. The van der Waals surface area contributed by atoms with Crippen molar-refractivity contribution >= 4 is 69.6 Å². The van der Waals surface area contributed by atoms with Crippen LogP contribution >= 0.6 is 46.4 Å². The fourth-order valence-electron chi connectivity index (χ4n) is 6.34. The van der Waals surface area contributed by atoms with E-state index in [1.165, 1.54) is 18.2 Å². The molecule has 4 N–H and O–H groups in total. The highest BCUT2D eigenvalue weighted by atomic mass is 35.5. The van der Waals surface area contributed by atoms with E-state index in [2.05, 4.69) is 5.32 Å². The fourth-order valence-corrected chi connectivity index (χ4v) is 7.37. The van der Waals surface area contributed by atoms with Crippen molar-refractivity contribution in [1.29, 1.82) is 0 Å². The zero-order valence-electron chi connectivity index (χ0n) is 17.2. The Kier molecular flexibility index (Phi) is 4.91. The first-order valence-corrected chi connectivity index (χ1v) is 12.0. The summed E-state index contributed by atoms with van der Waals surface area (Å²) in [6.45, 7) is 0.164. The summed E-state index contributed by atoms with van der Waals surface area (Å²) in [6, 6.07) is 5.23. The number of hydrogen-bond acceptors (Lipinski definition) is 7. The number of anilines is 2. The third kappa shape index (κ3) is 2.67. The Bertz CT molecular complexity index is 1270. The normalized spacial score (nSPS) is 34.1. The van der Waals surface area contributed by atoms with Crippen molar-refractivity contribution in [3.63, 3.8) is 0 Å².